The Morgan fingerprint density at radius 1 is 0.288 bits per heavy atom. The third-order valence-electron chi connectivity index (χ3n) is 15.4. The van der Waals surface area contributed by atoms with Gasteiger partial charge in [-0.05, 0) is 134 Å². The van der Waals surface area contributed by atoms with Gasteiger partial charge in [0.05, 0.1) is 44.4 Å². The Kier molecular flexibility index (Phi) is 9.77. The van der Waals surface area contributed by atoms with E-state index >= 15 is 0 Å². The molecule has 73 heavy (non-hydrogen) atoms. The number of anilines is 6. The van der Waals surface area contributed by atoms with Crippen LogP contribution in [0.2, 0.25) is 0 Å². The number of nitrogens with zero attached hydrogens (tertiary/aromatic N) is 2. The predicted octanol–water partition coefficient (Wildman–Crippen LogP) is 16.9. The molecule has 1 aliphatic carbocycles. The standard InChI is InChI=1S/C69H46N2O2/c72-67-55-32-16-21-37-65(55)73-66-43-39-47(44-56(66)67)48-38-41-57-59(45-48)68(49-22-6-1-7-23-49,50-24-8-2-9-25-50)58-42-40-54(46-60(58)69(57,51-26-10-3-11-27-51)52-28-12-4-13-29-52)71-63-35-19-17-33-61(63)70(53-30-14-5-15-31-53)62-34-18-20-36-64(62)71/h1-46H. The predicted molar refractivity (Wildman–Crippen MR) is 299 cm³/mol. The number of hydrogen-bond donors (Lipinski definition) is 0. The SMILES string of the molecule is O=c1c2ccccc2oc2ccc(-c3ccc4c(c3)C(c3ccccc3)(c3ccccc3)c3ccc(N5c6ccccc6N(c6ccccc6)c6ccccc65)cc3C4(c3ccccc3)c3ccccc3)cc12. The molecule has 0 fully saturated rings. The van der Waals surface area contributed by atoms with Gasteiger partial charge < -0.3 is 14.2 Å². The molecule has 1 aromatic heterocycles. The zero-order valence-corrected chi connectivity index (χ0v) is 39.8. The first-order valence-corrected chi connectivity index (χ1v) is 25.0. The molecule has 4 nitrogen and oxygen atoms in total. The van der Waals surface area contributed by atoms with Crippen molar-refractivity contribution in [1.29, 1.82) is 0 Å². The fourth-order valence-electron chi connectivity index (χ4n) is 12.4. The molecule has 0 radical (unpaired) electrons. The number of fused-ring (bicyclic) bond motifs is 6. The summed E-state index contributed by atoms with van der Waals surface area (Å²) in [5, 5.41) is 1.13. The maximum Gasteiger partial charge on any atom is 0.200 e. The summed E-state index contributed by atoms with van der Waals surface area (Å²) in [7, 11) is 0. The molecule has 0 N–H and O–H groups in total. The Balaban J connectivity index is 1.11. The van der Waals surface area contributed by atoms with Gasteiger partial charge in [-0.15, -0.1) is 0 Å². The molecule has 0 amide bonds. The van der Waals surface area contributed by atoms with Crippen LogP contribution in [-0.4, -0.2) is 0 Å². The lowest BCUT2D eigenvalue weighted by Gasteiger charge is -2.51. The smallest absolute Gasteiger partial charge is 0.200 e. The van der Waals surface area contributed by atoms with E-state index in [4.69, 9.17) is 4.42 Å². The van der Waals surface area contributed by atoms with Gasteiger partial charge in [0.25, 0.3) is 0 Å². The van der Waals surface area contributed by atoms with E-state index in [-0.39, 0.29) is 5.43 Å². The molecule has 4 heteroatoms. The highest BCUT2D eigenvalue weighted by atomic mass is 16.3. The minimum atomic E-state index is -0.817. The number of benzene rings is 11. The summed E-state index contributed by atoms with van der Waals surface area (Å²) in [6, 6.07) is 100. The third-order valence-corrected chi connectivity index (χ3v) is 15.4. The number of para-hydroxylation sites is 6. The van der Waals surface area contributed by atoms with E-state index < -0.39 is 10.8 Å². The van der Waals surface area contributed by atoms with Crippen molar-refractivity contribution in [2.24, 2.45) is 0 Å². The Labute approximate surface area is 424 Å². The van der Waals surface area contributed by atoms with E-state index in [0.717, 1.165) is 73.1 Å². The molecule has 11 aromatic carbocycles. The fourth-order valence-corrected chi connectivity index (χ4v) is 12.4. The molecule has 344 valence electrons. The van der Waals surface area contributed by atoms with Crippen molar-refractivity contribution in [3.05, 3.63) is 334 Å². The average molecular weight is 935 g/mol. The molecule has 1 aliphatic heterocycles. The number of rotatable bonds is 7. The van der Waals surface area contributed by atoms with Crippen LogP contribution in [0.25, 0.3) is 33.1 Å². The summed E-state index contributed by atoms with van der Waals surface area (Å²) >= 11 is 0. The van der Waals surface area contributed by atoms with Crippen molar-refractivity contribution < 1.29 is 4.42 Å². The van der Waals surface area contributed by atoms with E-state index in [1.807, 2.05) is 36.4 Å². The van der Waals surface area contributed by atoms with Crippen molar-refractivity contribution in [2.75, 3.05) is 9.80 Å². The van der Waals surface area contributed by atoms with Crippen LogP contribution < -0.4 is 15.2 Å². The molecule has 14 rings (SSSR count). The van der Waals surface area contributed by atoms with Crippen LogP contribution in [-0.2, 0) is 10.8 Å². The van der Waals surface area contributed by atoms with Crippen LogP contribution in [0.3, 0.4) is 0 Å². The maximum absolute atomic E-state index is 14.2. The van der Waals surface area contributed by atoms with Crippen LogP contribution in [0.15, 0.2) is 288 Å². The van der Waals surface area contributed by atoms with Gasteiger partial charge in [-0.2, -0.15) is 0 Å². The lowest BCUT2D eigenvalue weighted by Crippen LogP contribution is -2.45. The van der Waals surface area contributed by atoms with Crippen LogP contribution in [0.5, 0.6) is 0 Å². The lowest BCUT2D eigenvalue weighted by molar-refractivity contribution is 0.615. The third kappa shape index (κ3) is 6.30. The molecular formula is C69H46N2O2. The van der Waals surface area contributed by atoms with Crippen molar-refractivity contribution in [3.8, 4) is 11.1 Å². The van der Waals surface area contributed by atoms with Gasteiger partial charge >= 0.3 is 0 Å². The Morgan fingerprint density at radius 3 is 1.19 bits per heavy atom. The Morgan fingerprint density at radius 2 is 0.671 bits per heavy atom. The molecule has 0 unspecified atom stereocenters. The van der Waals surface area contributed by atoms with Gasteiger partial charge in [-0.1, -0.05) is 200 Å². The summed E-state index contributed by atoms with van der Waals surface area (Å²) in [6.45, 7) is 0. The van der Waals surface area contributed by atoms with Crippen molar-refractivity contribution >= 4 is 56.1 Å². The van der Waals surface area contributed by atoms with E-state index in [1.165, 1.54) is 16.7 Å². The zero-order valence-electron chi connectivity index (χ0n) is 39.8. The molecule has 0 bridgehead atoms. The quantitative estimate of drug-likeness (QED) is 0.149. The Hall–Kier alpha value is -9.51. The monoisotopic (exact) mass is 934 g/mol. The van der Waals surface area contributed by atoms with Crippen molar-refractivity contribution in [1.82, 2.24) is 0 Å². The van der Waals surface area contributed by atoms with E-state index in [0.29, 0.717) is 21.9 Å². The second-order valence-electron chi connectivity index (χ2n) is 19.1. The lowest BCUT2D eigenvalue weighted by atomic mass is 9.50. The normalized spacial score (nSPS) is 14.0. The van der Waals surface area contributed by atoms with Crippen LogP contribution in [0, 0.1) is 0 Å². The molecule has 0 atom stereocenters. The second-order valence-corrected chi connectivity index (χ2v) is 19.1. The van der Waals surface area contributed by atoms with Crippen molar-refractivity contribution in [3.63, 3.8) is 0 Å². The summed E-state index contributed by atoms with van der Waals surface area (Å²) in [5.74, 6) is 0. The van der Waals surface area contributed by atoms with Gasteiger partial charge in [0.1, 0.15) is 11.2 Å². The van der Waals surface area contributed by atoms with Crippen LogP contribution in [0.1, 0.15) is 44.5 Å². The Bertz CT molecular complexity index is 3990. The summed E-state index contributed by atoms with van der Waals surface area (Å²) in [5.41, 5.74) is 17.3. The number of hydrogen-bond acceptors (Lipinski definition) is 4. The molecule has 2 heterocycles. The maximum atomic E-state index is 14.2. The van der Waals surface area contributed by atoms with E-state index in [2.05, 4.69) is 252 Å². The minimum absolute atomic E-state index is 0.0387. The average Bonchev–Trinajstić information content (AvgIpc) is 3.47. The first kappa shape index (κ1) is 42.4. The molecule has 0 spiro atoms. The molecule has 0 saturated heterocycles. The van der Waals surface area contributed by atoms with E-state index in [1.54, 1.807) is 0 Å². The van der Waals surface area contributed by atoms with Gasteiger partial charge in [0, 0.05) is 11.4 Å². The minimum Gasteiger partial charge on any atom is -0.456 e. The highest BCUT2D eigenvalue weighted by Crippen LogP contribution is 2.62. The first-order chi connectivity index (χ1) is 36.1. The van der Waals surface area contributed by atoms with Gasteiger partial charge in [0.15, 0.2) is 0 Å². The van der Waals surface area contributed by atoms with E-state index in [9.17, 15) is 4.79 Å². The van der Waals surface area contributed by atoms with Gasteiger partial charge in [-0.25, -0.2) is 0 Å². The summed E-state index contributed by atoms with van der Waals surface area (Å²) < 4.78 is 6.33. The highest BCUT2D eigenvalue weighted by molar-refractivity contribution is 6.02. The molecular weight excluding hydrogens is 889 g/mol. The van der Waals surface area contributed by atoms with Gasteiger partial charge in [-0.3, -0.25) is 4.79 Å². The summed E-state index contributed by atoms with van der Waals surface area (Å²) in [4.78, 5) is 19.0. The molecule has 12 aromatic rings. The largest absolute Gasteiger partial charge is 0.456 e. The van der Waals surface area contributed by atoms with Crippen LogP contribution >= 0.6 is 0 Å². The molecule has 0 saturated carbocycles. The topological polar surface area (TPSA) is 36.7 Å². The first-order valence-electron chi connectivity index (χ1n) is 25.0. The fraction of sp³-hybridized carbons (Fsp3) is 0.0290. The zero-order chi connectivity index (χ0) is 48.5. The summed E-state index contributed by atoms with van der Waals surface area (Å²) in [6.07, 6.45) is 0. The highest BCUT2D eigenvalue weighted by Gasteiger charge is 2.54. The second kappa shape index (κ2) is 16.8. The van der Waals surface area contributed by atoms with Gasteiger partial charge in [0.2, 0.25) is 5.43 Å². The molecule has 2 aliphatic rings. The van der Waals surface area contributed by atoms with Crippen molar-refractivity contribution in [2.45, 2.75) is 10.8 Å². The van der Waals surface area contributed by atoms with Crippen LogP contribution in [0.4, 0.5) is 34.1 Å².